The molecule has 1 saturated carbocycles. The number of hydrogen-bond acceptors (Lipinski definition) is 2. The lowest BCUT2D eigenvalue weighted by molar-refractivity contribution is 0.327. The highest BCUT2D eigenvalue weighted by Gasteiger charge is 2.17. The van der Waals surface area contributed by atoms with Gasteiger partial charge in [-0.15, -0.1) is 0 Å². The van der Waals surface area contributed by atoms with Gasteiger partial charge in [-0.25, -0.2) is 0 Å². The Morgan fingerprint density at radius 3 is 2.76 bits per heavy atom. The van der Waals surface area contributed by atoms with Gasteiger partial charge < -0.3 is 5.73 Å². The van der Waals surface area contributed by atoms with Crippen LogP contribution in [0.1, 0.15) is 75.9 Å². The van der Waals surface area contributed by atoms with Gasteiger partial charge in [0.1, 0.15) is 0 Å². The molecule has 116 valence electrons. The molecule has 2 aliphatic carbocycles. The molecule has 3 rings (SSSR count). The van der Waals surface area contributed by atoms with Crippen LogP contribution < -0.4 is 5.73 Å². The first-order chi connectivity index (χ1) is 10.3. The van der Waals surface area contributed by atoms with Crippen LogP contribution in [-0.4, -0.2) is 15.8 Å². The van der Waals surface area contributed by atoms with E-state index in [1.807, 2.05) is 0 Å². The molecule has 0 radical (unpaired) electrons. The van der Waals surface area contributed by atoms with Gasteiger partial charge in [0.15, 0.2) is 0 Å². The molecule has 0 bridgehead atoms. The van der Waals surface area contributed by atoms with Crippen LogP contribution in [0.25, 0.3) is 0 Å². The third kappa shape index (κ3) is 4.19. The van der Waals surface area contributed by atoms with Crippen molar-refractivity contribution in [3.8, 4) is 0 Å². The number of rotatable bonds is 5. The molecule has 21 heavy (non-hydrogen) atoms. The van der Waals surface area contributed by atoms with Crippen LogP contribution in [0.2, 0.25) is 0 Å². The molecule has 1 atom stereocenters. The van der Waals surface area contributed by atoms with Crippen molar-refractivity contribution in [2.24, 2.45) is 5.73 Å². The zero-order valence-corrected chi connectivity index (χ0v) is 13.1. The van der Waals surface area contributed by atoms with Crippen LogP contribution in [0.15, 0.2) is 23.9 Å². The summed E-state index contributed by atoms with van der Waals surface area (Å²) in [6, 6.07) is 3.03. The lowest BCUT2D eigenvalue weighted by atomic mass is 9.93. The molecule has 1 heterocycles. The molecule has 2 N–H and O–H groups in total. The number of hydrogen-bond donors (Lipinski definition) is 1. The number of aromatic nitrogens is 2. The van der Waals surface area contributed by atoms with E-state index < -0.39 is 0 Å². The summed E-state index contributed by atoms with van der Waals surface area (Å²) in [5.41, 5.74) is 9.07. The van der Waals surface area contributed by atoms with Crippen molar-refractivity contribution in [2.45, 2.75) is 82.7 Å². The van der Waals surface area contributed by atoms with E-state index in [1.165, 1.54) is 63.5 Å². The maximum Gasteiger partial charge on any atom is 0.0640 e. The van der Waals surface area contributed by atoms with Crippen LogP contribution in [0, 0.1) is 0 Å². The summed E-state index contributed by atoms with van der Waals surface area (Å²) in [4.78, 5) is 0. The molecule has 3 nitrogen and oxygen atoms in total. The van der Waals surface area contributed by atoms with Gasteiger partial charge in [0.2, 0.25) is 0 Å². The van der Waals surface area contributed by atoms with Crippen LogP contribution >= 0.6 is 0 Å². The number of nitrogens with two attached hydrogens (primary N) is 1. The van der Waals surface area contributed by atoms with Crippen molar-refractivity contribution in [3.05, 3.63) is 29.6 Å². The second-order valence-corrected chi connectivity index (χ2v) is 6.86. The maximum atomic E-state index is 6.33. The molecule has 0 saturated heterocycles. The Morgan fingerprint density at radius 1 is 1.14 bits per heavy atom. The summed E-state index contributed by atoms with van der Waals surface area (Å²) >= 11 is 0. The molecule has 0 spiro atoms. The standard InChI is InChI=1S/C18H29N3/c19-16(13-15-7-3-1-4-8-15)14-17-11-12-21(20-17)18-9-5-2-6-10-18/h7,11-12,16,18H,1-6,8-10,13-14,19H2. The quantitative estimate of drug-likeness (QED) is 0.827. The van der Waals surface area contributed by atoms with E-state index in [9.17, 15) is 0 Å². The molecule has 3 heteroatoms. The van der Waals surface area contributed by atoms with Gasteiger partial charge in [-0.3, -0.25) is 4.68 Å². The van der Waals surface area contributed by atoms with Gasteiger partial charge in [-0.2, -0.15) is 5.10 Å². The van der Waals surface area contributed by atoms with Crippen molar-refractivity contribution in [3.63, 3.8) is 0 Å². The summed E-state index contributed by atoms with van der Waals surface area (Å²) in [5.74, 6) is 0. The fourth-order valence-corrected chi connectivity index (χ4v) is 3.80. The maximum absolute atomic E-state index is 6.33. The van der Waals surface area contributed by atoms with Gasteiger partial charge in [0.05, 0.1) is 11.7 Å². The van der Waals surface area contributed by atoms with E-state index in [-0.39, 0.29) is 6.04 Å². The number of nitrogens with zero attached hydrogens (tertiary/aromatic N) is 2. The summed E-state index contributed by atoms with van der Waals surface area (Å²) in [7, 11) is 0. The average Bonchev–Trinajstić information content (AvgIpc) is 2.97. The van der Waals surface area contributed by atoms with E-state index in [0.29, 0.717) is 6.04 Å². The second kappa shape index (κ2) is 7.26. The van der Waals surface area contributed by atoms with E-state index >= 15 is 0 Å². The van der Waals surface area contributed by atoms with Crippen LogP contribution in [0.5, 0.6) is 0 Å². The molecular formula is C18H29N3. The van der Waals surface area contributed by atoms with Crippen molar-refractivity contribution >= 4 is 0 Å². The molecular weight excluding hydrogens is 258 g/mol. The zero-order chi connectivity index (χ0) is 14.5. The highest BCUT2D eigenvalue weighted by Crippen LogP contribution is 2.27. The SMILES string of the molecule is NC(CC1=CCCCC1)Cc1ccn(C2CCCCC2)n1. The minimum atomic E-state index is 0.226. The zero-order valence-electron chi connectivity index (χ0n) is 13.1. The van der Waals surface area contributed by atoms with Gasteiger partial charge in [0.25, 0.3) is 0 Å². The Kier molecular flexibility index (Phi) is 5.13. The smallest absolute Gasteiger partial charge is 0.0640 e. The summed E-state index contributed by atoms with van der Waals surface area (Å²) in [6.07, 6.45) is 18.4. The molecule has 0 aromatic carbocycles. The Morgan fingerprint density at radius 2 is 2.00 bits per heavy atom. The van der Waals surface area contributed by atoms with Crippen LogP contribution in [0.3, 0.4) is 0 Å². The Balaban J connectivity index is 1.52. The topological polar surface area (TPSA) is 43.8 Å². The highest BCUT2D eigenvalue weighted by molar-refractivity contribution is 5.09. The minimum Gasteiger partial charge on any atom is -0.327 e. The van der Waals surface area contributed by atoms with E-state index in [4.69, 9.17) is 10.8 Å². The largest absolute Gasteiger partial charge is 0.327 e. The normalized spacial score (nSPS) is 22.0. The van der Waals surface area contributed by atoms with Crippen molar-refractivity contribution in [1.82, 2.24) is 9.78 Å². The third-order valence-corrected chi connectivity index (χ3v) is 4.99. The Labute approximate surface area is 128 Å². The molecule has 0 aliphatic heterocycles. The first kappa shape index (κ1) is 14.8. The van der Waals surface area contributed by atoms with E-state index in [1.54, 1.807) is 5.57 Å². The number of allylic oxidation sites excluding steroid dienone is 1. The lowest BCUT2D eigenvalue weighted by Crippen LogP contribution is -2.24. The fraction of sp³-hybridized carbons (Fsp3) is 0.722. The summed E-state index contributed by atoms with van der Waals surface area (Å²) < 4.78 is 2.20. The van der Waals surface area contributed by atoms with Gasteiger partial charge in [0, 0.05) is 18.7 Å². The van der Waals surface area contributed by atoms with Gasteiger partial charge in [-0.05, 0) is 51.0 Å². The molecule has 0 amide bonds. The summed E-state index contributed by atoms with van der Waals surface area (Å²) in [6.45, 7) is 0. The van der Waals surface area contributed by atoms with Crippen molar-refractivity contribution in [2.75, 3.05) is 0 Å². The van der Waals surface area contributed by atoms with Gasteiger partial charge in [-0.1, -0.05) is 30.9 Å². The monoisotopic (exact) mass is 287 g/mol. The van der Waals surface area contributed by atoms with Crippen molar-refractivity contribution in [1.29, 1.82) is 0 Å². The van der Waals surface area contributed by atoms with Crippen molar-refractivity contribution < 1.29 is 0 Å². The average molecular weight is 287 g/mol. The minimum absolute atomic E-state index is 0.226. The van der Waals surface area contributed by atoms with Gasteiger partial charge >= 0.3 is 0 Å². The molecule has 1 aromatic heterocycles. The molecule has 2 aliphatic rings. The predicted molar refractivity (Wildman–Crippen MR) is 87.2 cm³/mol. The molecule has 1 aromatic rings. The third-order valence-electron chi connectivity index (χ3n) is 4.99. The summed E-state index contributed by atoms with van der Waals surface area (Å²) in [5, 5.41) is 4.78. The lowest BCUT2D eigenvalue weighted by Gasteiger charge is -2.22. The molecule has 1 fully saturated rings. The predicted octanol–water partition coefficient (Wildman–Crippen LogP) is 4.15. The highest BCUT2D eigenvalue weighted by atomic mass is 15.3. The second-order valence-electron chi connectivity index (χ2n) is 6.86. The van der Waals surface area contributed by atoms with E-state index in [2.05, 4.69) is 23.0 Å². The Bertz CT molecular complexity index is 469. The Hall–Kier alpha value is -1.09. The van der Waals surface area contributed by atoms with Crippen LogP contribution in [0.4, 0.5) is 0 Å². The first-order valence-corrected chi connectivity index (χ1v) is 8.79. The fourth-order valence-electron chi connectivity index (χ4n) is 3.80. The van der Waals surface area contributed by atoms with E-state index in [0.717, 1.165) is 12.8 Å². The molecule has 1 unspecified atom stereocenters. The van der Waals surface area contributed by atoms with Crippen LogP contribution in [-0.2, 0) is 6.42 Å². The first-order valence-electron chi connectivity index (χ1n) is 8.79.